The van der Waals surface area contributed by atoms with Crippen LogP contribution in [0.5, 0.6) is 5.75 Å². The monoisotopic (exact) mass is 260 g/mol. The molecule has 0 fully saturated rings. The van der Waals surface area contributed by atoms with Crippen LogP contribution >= 0.6 is 15.9 Å². The first-order chi connectivity index (χ1) is 6.60. The summed E-state index contributed by atoms with van der Waals surface area (Å²) >= 11 is 3.13. The van der Waals surface area contributed by atoms with E-state index in [1.54, 1.807) is 6.07 Å². The number of hydrogen-bond donors (Lipinski definition) is 1. The summed E-state index contributed by atoms with van der Waals surface area (Å²) in [6.07, 6.45) is 0.376. The zero-order valence-corrected chi connectivity index (χ0v) is 9.21. The van der Waals surface area contributed by atoms with E-state index >= 15 is 0 Å². The lowest BCUT2D eigenvalue weighted by Crippen LogP contribution is -2.00. The van der Waals surface area contributed by atoms with Crippen LogP contribution < -0.4 is 4.74 Å². The van der Waals surface area contributed by atoms with Gasteiger partial charge in [0.2, 0.25) is 0 Å². The molecular weight excluding hydrogens is 251 g/mol. The summed E-state index contributed by atoms with van der Waals surface area (Å²) in [6, 6.07) is 2.87. The Morgan fingerprint density at radius 1 is 1.64 bits per heavy atom. The van der Waals surface area contributed by atoms with Crippen LogP contribution in [0.4, 0.5) is 4.39 Å². The van der Waals surface area contributed by atoms with Crippen molar-refractivity contribution >= 4 is 15.9 Å². The van der Waals surface area contributed by atoms with Gasteiger partial charge in [-0.15, -0.1) is 6.58 Å². The fourth-order valence-electron chi connectivity index (χ4n) is 1.14. The number of benzene rings is 1. The molecule has 0 saturated carbocycles. The molecule has 0 amide bonds. The van der Waals surface area contributed by atoms with Gasteiger partial charge in [0.15, 0.2) is 11.6 Å². The number of ether oxygens (including phenoxy) is 1. The number of hydrogen-bond acceptors (Lipinski definition) is 2. The maximum Gasteiger partial charge on any atom is 0.166 e. The van der Waals surface area contributed by atoms with Gasteiger partial charge in [-0.05, 0) is 12.1 Å². The molecule has 1 unspecified atom stereocenters. The highest BCUT2D eigenvalue weighted by atomic mass is 79.9. The summed E-state index contributed by atoms with van der Waals surface area (Å²) in [5.74, 6) is -0.474. The van der Waals surface area contributed by atoms with Gasteiger partial charge in [-0.25, -0.2) is 4.39 Å². The number of rotatable bonds is 3. The highest BCUT2D eigenvalue weighted by Gasteiger charge is 2.15. The minimum atomic E-state index is -0.933. The van der Waals surface area contributed by atoms with Crippen molar-refractivity contribution in [2.45, 2.75) is 6.10 Å². The molecule has 1 aromatic rings. The molecule has 0 radical (unpaired) electrons. The molecule has 0 aliphatic heterocycles. The van der Waals surface area contributed by atoms with Crippen LogP contribution in [0.25, 0.3) is 0 Å². The number of aliphatic hydroxyl groups excluding tert-OH is 1. The SMILES string of the molecule is C=CC(O)c1cc(Br)cc(F)c1OC. The Morgan fingerprint density at radius 3 is 2.79 bits per heavy atom. The second-order valence-corrected chi connectivity index (χ2v) is 3.61. The zero-order chi connectivity index (χ0) is 10.7. The molecule has 4 heteroatoms. The maximum atomic E-state index is 13.3. The lowest BCUT2D eigenvalue weighted by molar-refractivity contribution is 0.221. The van der Waals surface area contributed by atoms with E-state index in [1.165, 1.54) is 19.3 Å². The molecule has 0 aliphatic carbocycles. The van der Waals surface area contributed by atoms with E-state index in [1.807, 2.05) is 0 Å². The van der Waals surface area contributed by atoms with E-state index in [4.69, 9.17) is 4.74 Å². The molecule has 76 valence electrons. The molecule has 14 heavy (non-hydrogen) atoms. The largest absolute Gasteiger partial charge is 0.493 e. The van der Waals surface area contributed by atoms with Gasteiger partial charge in [-0.1, -0.05) is 22.0 Å². The first-order valence-electron chi connectivity index (χ1n) is 3.93. The van der Waals surface area contributed by atoms with Gasteiger partial charge < -0.3 is 9.84 Å². The molecule has 1 aromatic carbocycles. The molecule has 1 N–H and O–H groups in total. The van der Waals surface area contributed by atoms with Crippen LogP contribution in [-0.4, -0.2) is 12.2 Å². The average Bonchev–Trinajstić information content (AvgIpc) is 2.15. The van der Waals surface area contributed by atoms with Gasteiger partial charge in [0, 0.05) is 10.0 Å². The van der Waals surface area contributed by atoms with Crippen LogP contribution in [0.3, 0.4) is 0 Å². The van der Waals surface area contributed by atoms with E-state index < -0.39 is 11.9 Å². The van der Waals surface area contributed by atoms with Gasteiger partial charge in [0.25, 0.3) is 0 Å². The van der Waals surface area contributed by atoms with Crippen molar-refractivity contribution < 1.29 is 14.2 Å². The number of methoxy groups -OCH3 is 1. The Hall–Kier alpha value is -0.870. The second-order valence-electron chi connectivity index (χ2n) is 2.69. The Morgan fingerprint density at radius 2 is 2.29 bits per heavy atom. The molecule has 0 aliphatic rings. The highest BCUT2D eigenvalue weighted by molar-refractivity contribution is 9.10. The molecule has 0 bridgehead atoms. The molecule has 0 heterocycles. The topological polar surface area (TPSA) is 29.5 Å². The third-order valence-corrected chi connectivity index (χ3v) is 2.24. The predicted molar refractivity (Wildman–Crippen MR) is 55.8 cm³/mol. The Labute approximate surface area is 90.1 Å². The summed E-state index contributed by atoms with van der Waals surface area (Å²) in [5, 5.41) is 9.50. The summed E-state index contributed by atoms with van der Waals surface area (Å²) in [4.78, 5) is 0. The Kier molecular flexibility index (Phi) is 3.66. The summed E-state index contributed by atoms with van der Waals surface area (Å²) < 4.78 is 18.7. The van der Waals surface area contributed by atoms with E-state index in [0.29, 0.717) is 10.0 Å². The smallest absolute Gasteiger partial charge is 0.166 e. The molecule has 1 rings (SSSR count). The van der Waals surface area contributed by atoms with Crippen LogP contribution in [-0.2, 0) is 0 Å². The van der Waals surface area contributed by atoms with Crippen LogP contribution in [0.15, 0.2) is 29.3 Å². The maximum absolute atomic E-state index is 13.3. The molecule has 2 nitrogen and oxygen atoms in total. The fourth-order valence-corrected chi connectivity index (χ4v) is 1.59. The van der Waals surface area contributed by atoms with Crippen molar-refractivity contribution in [3.8, 4) is 5.75 Å². The van der Waals surface area contributed by atoms with Crippen molar-refractivity contribution in [1.29, 1.82) is 0 Å². The first-order valence-corrected chi connectivity index (χ1v) is 4.73. The minimum absolute atomic E-state index is 0.0422. The Balaban J connectivity index is 3.31. The first kappa shape index (κ1) is 11.2. The molecule has 1 atom stereocenters. The number of aliphatic hydroxyl groups is 1. The second kappa shape index (κ2) is 4.57. The predicted octanol–water partition coefficient (Wildman–Crippen LogP) is 2.82. The molecule has 0 spiro atoms. The normalized spacial score (nSPS) is 12.3. The van der Waals surface area contributed by atoms with E-state index in [9.17, 15) is 9.50 Å². The van der Waals surface area contributed by atoms with E-state index in [2.05, 4.69) is 22.5 Å². The van der Waals surface area contributed by atoms with E-state index in [-0.39, 0.29) is 5.75 Å². The summed E-state index contributed by atoms with van der Waals surface area (Å²) in [7, 11) is 1.35. The molecule has 0 saturated heterocycles. The lowest BCUT2D eigenvalue weighted by Gasteiger charge is -2.12. The average molecular weight is 261 g/mol. The summed E-state index contributed by atoms with van der Waals surface area (Å²) in [6.45, 7) is 3.43. The zero-order valence-electron chi connectivity index (χ0n) is 7.63. The molecule has 0 aromatic heterocycles. The summed E-state index contributed by atoms with van der Waals surface area (Å²) in [5.41, 5.74) is 0.356. The van der Waals surface area contributed by atoms with Gasteiger partial charge in [0.05, 0.1) is 7.11 Å². The standard InChI is InChI=1S/C10H10BrFO2/c1-3-9(13)7-4-6(11)5-8(12)10(7)14-2/h3-5,9,13H,1H2,2H3. The van der Waals surface area contributed by atoms with Crippen molar-refractivity contribution in [3.63, 3.8) is 0 Å². The van der Waals surface area contributed by atoms with Gasteiger partial charge in [-0.2, -0.15) is 0 Å². The minimum Gasteiger partial charge on any atom is -0.493 e. The van der Waals surface area contributed by atoms with Crippen molar-refractivity contribution in [1.82, 2.24) is 0 Å². The van der Waals surface area contributed by atoms with Gasteiger partial charge >= 0.3 is 0 Å². The van der Waals surface area contributed by atoms with Crippen LogP contribution in [0.2, 0.25) is 0 Å². The van der Waals surface area contributed by atoms with Crippen molar-refractivity contribution in [2.24, 2.45) is 0 Å². The van der Waals surface area contributed by atoms with Crippen LogP contribution in [0.1, 0.15) is 11.7 Å². The van der Waals surface area contributed by atoms with Gasteiger partial charge in [-0.3, -0.25) is 0 Å². The lowest BCUT2D eigenvalue weighted by atomic mass is 10.1. The quantitative estimate of drug-likeness (QED) is 0.848. The fraction of sp³-hybridized carbons (Fsp3) is 0.200. The third kappa shape index (κ3) is 2.13. The Bertz CT molecular complexity index is 352. The molecular formula is C10H10BrFO2. The van der Waals surface area contributed by atoms with Crippen molar-refractivity contribution in [3.05, 3.63) is 40.6 Å². The van der Waals surface area contributed by atoms with Crippen LogP contribution in [0, 0.1) is 5.82 Å². The van der Waals surface area contributed by atoms with Crippen molar-refractivity contribution in [2.75, 3.05) is 7.11 Å². The van der Waals surface area contributed by atoms with E-state index in [0.717, 1.165) is 0 Å². The number of halogens is 2. The third-order valence-electron chi connectivity index (χ3n) is 1.78. The van der Waals surface area contributed by atoms with Gasteiger partial charge in [0.1, 0.15) is 6.10 Å². The highest BCUT2D eigenvalue weighted by Crippen LogP contribution is 2.31.